The highest BCUT2D eigenvalue weighted by molar-refractivity contribution is 5.96. The Morgan fingerprint density at radius 1 is 1.29 bits per heavy atom. The maximum Gasteiger partial charge on any atom is 0.409 e. The zero-order valence-electron chi connectivity index (χ0n) is 18.9. The SMILES string of the molecule is COC(=O)N(C)CC(=O)N(C)c1ccc2c(c1)NC(c1n[nH]c3c1CCC(C)(C)C3)C2. The smallest absolute Gasteiger partial charge is 0.409 e. The zero-order chi connectivity index (χ0) is 22.3. The Hall–Kier alpha value is -3.03. The summed E-state index contributed by atoms with van der Waals surface area (Å²) >= 11 is 0. The number of ether oxygens (including phenoxy) is 1. The first kappa shape index (κ1) is 21.2. The van der Waals surface area contributed by atoms with Crippen LogP contribution >= 0.6 is 0 Å². The van der Waals surface area contributed by atoms with E-state index in [0.717, 1.165) is 36.3 Å². The first-order valence-corrected chi connectivity index (χ1v) is 10.7. The van der Waals surface area contributed by atoms with Crippen LogP contribution in [0, 0.1) is 5.41 Å². The molecule has 0 spiro atoms. The molecule has 0 fully saturated rings. The van der Waals surface area contributed by atoms with Crippen LogP contribution in [0.25, 0.3) is 0 Å². The zero-order valence-corrected chi connectivity index (χ0v) is 18.9. The lowest BCUT2D eigenvalue weighted by Crippen LogP contribution is -2.39. The second-order valence-corrected chi connectivity index (χ2v) is 9.43. The van der Waals surface area contributed by atoms with Crippen LogP contribution in [0.1, 0.15) is 48.8 Å². The predicted octanol–water partition coefficient (Wildman–Crippen LogP) is 3.29. The molecule has 0 radical (unpaired) electrons. The number of hydrogen-bond acceptors (Lipinski definition) is 5. The third-order valence-corrected chi connectivity index (χ3v) is 6.49. The van der Waals surface area contributed by atoms with Crippen LogP contribution in [0.4, 0.5) is 16.2 Å². The molecule has 1 unspecified atom stereocenters. The molecule has 2 aromatic rings. The van der Waals surface area contributed by atoms with Crippen molar-refractivity contribution in [3.05, 3.63) is 40.7 Å². The molecule has 4 rings (SSSR count). The molecule has 0 saturated heterocycles. The van der Waals surface area contributed by atoms with Gasteiger partial charge in [-0.2, -0.15) is 5.10 Å². The van der Waals surface area contributed by atoms with E-state index in [4.69, 9.17) is 0 Å². The van der Waals surface area contributed by atoms with E-state index >= 15 is 0 Å². The monoisotopic (exact) mass is 425 g/mol. The van der Waals surface area contributed by atoms with Gasteiger partial charge in [0, 0.05) is 37.6 Å². The lowest BCUT2D eigenvalue weighted by molar-refractivity contribution is -0.118. The van der Waals surface area contributed by atoms with Gasteiger partial charge in [0.2, 0.25) is 5.91 Å². The van der Waals surface area contributed by atoms with E-state index in [2.05, 4.69) is 40.2 Å². The second kappa shape index (κ2) is 7.90. The number of amides is 2. The first-order chi connectivity index (χ1) is 14.7. The Bertz CT molecular complexity index is 1010. The highest BCUT2D eigenvalue weighted by Gasteiger charge is 2.33. The molecule has 8 nitrogen and oxygen atoms in total. The minimum atomic E-state index is -0.536. The van der Waals surface area contributed by atoms with E-state index < -0.39 is 6.09 Å². The molecule has 1 aromatic heterocycles. The van der Waals surface area contributed by atoms with Gasteiger partial charge < -0.3 is 19.9 Å². The summed E-state index contributed by atoms with van der Waals surface area (Å²) in [6.45, 7) is 4.57. The van der Waals surface area contributed by atoms with Crippen molar-refractivity contribution in [3.8, 4) is 0 Å². The Balaban J connectivity index is 1.47. The molecule has 1 aliphatic heterocycles. The molecule has 1 atom stereocenters. The van der Waals surface area contributed by atoms with E-state index in [9.17, 15) is 9.59 Å². The number of fused-ring (bicyclic) bond motifs is 2. The molecular weight excluding hydrogens is 394 g/mol. The highest BCUT2D eigenvalue weighted by atomic mass is 16.5. The van der Waals surface area contributed by atoms with Crippen molar-refractivity contribution in [2.75, 3.05) is 38.0 Å². The van der Waals surface area contributed by atoms with Crippen LogP contribution < -0.4 is 10.2 Å². The molecule has 2 amide bonds. The van der Waals surface area contributed by atoms with Crippen LogP contribution in [0.3, 0.4) is 0 Å². The lowest BCUT2D eigenvalue weighted by atomic mass is 9.76. The van der Waals surface area contributed by atoms with Gasteiger partial charge >= 0.3 is 6.09 Å². The Morgan fingerprint density at radius 2 is 2.06 bits per heavy atom. The Labute approximate surface area is 182 Å². The molecular formula is C23H31N5O3. The number of aromatic amines is 1. The van der Waals surface area contributed by atoms with Gasteiger partial charge in [-0.1, -0.05) is 19.9 Å². The number of carbonyl (C=O) groups is 2. The van der Waals surface area contributed by atoms with Gasteiger partial charge in [-0.15, -0.1) is 0 Å². The molecule has 8 heteroatoms. The van der Waals surface area contributed by atoms with Crippen LogP contribution in [0.5, 0.6) is 0 Å². The van der Waals surface area contributed by atoms with E-state index in [1.54, 1.807) is 11.9 Å². The standard InChI is InChI=1S/C23H31N5O3/c1-23(2)9-8-16-19(12-23)25-26-21(16)18-10-14-6-7-15(11-17(14)24-18)28(4)20(29)13-27(3)22(30)31-5/h6-7,11,18,24H,8-10,12-13H2,1-5H3,(H,25,26). The lowest BCUT2D eigenvalue weighted by Gasteiger charge is -2.29. The fraction of sp³-hybridized carbons (Fsp3) is 0.522. The summed E-state index contributed by atoms with van der Waals surface area (Å²) in [6.07, 6.45) is 3.60. The second-order valence-electron chi connectivity index (χ2n) is 9.43. The van der Waals surface area contributed by atoms with Gasteiger partial charge in [-0.25, -0.2) is 4.79 Å². The van der Waals surface area contributed by atoms with Gasteiger partial charge in [-0.3, -0.25) is 9.89 Å². The van der Waals surface area contributed by atoms with E-state index in [1.165, 1.54) is 42.3 Å². The maximum atomic E-state index is 12.6. The fourth-order valence-corrected chi connectivity index (χ4v) is 4.54. The highest BCUT2D eigenvalue weighted by Crippen LogP contribution is 2.41. The summed E-state index contributed by atoms with van der Waals surface area (Å²) in [4.78, 5) is 27.0. The van der Waals surface area contributed by atoms with E-state index in [1.807, 2.05) is 12.1 Å². The summed E-state index contributed by atoms with van der Waals surface area (Å²) in [5.74, 6) is -0.189. The molecule has 0 saturated carbocycles. The quantitative estimate of drug-likeness (QED) is 0.784. The van der Waals surface area contributed by atoms with Crippen molar-refractivity contribution < 1.29 is 14.3 Å². The summed E-state index contributed by atoms with van der Waals surface area (Å²) < 4.78 is 4.65. The summed E-state index contributed by atoms with van der Waals surface area (Å²) in [6, 6.07) is 6.14. The largest absolute Gasteiger partial charge is 0.453 e. The number of methoxy groups -OCH3 is 1. The number of nitrogens with one attached hydrogen (secondary N) is 2. The van der Waals surface area contributed by atoms with E-state index in [0.29, 0.717) is 5.41 Å². The van der Waals surface area contributed by atoms with Gasteiger partial charge in [-0.05, 0) is 47.9 Å². The topological polar surface area (TPSA) is 90.6 Å². The Kier molecular flexibility index (Phi) is 5.41. The molecule has 2 heterocycles. The van der Waals surface area contributed by atoms with Crippen molar-refractivity contribution in [1.82, 2.24) is 15.1 Å². The number of aromatic nitrogens is 2. The van der Waals surface area contributed by atoms with Crippen LogP contribution in [-0.2, 0) is 28.8 Å². The minimum absolute atomic E-state index is 0.0495. The Morgan fingerprint density at radius 3 is 2.81 bits per heavy atom. The van der Waals surface area contributed by atoms with Crippen molar-refractivity contribution >= 4 is 23.4 Å². The van der Waals surface area contributed by atoms with Gasteiger partial charge in [0.25, 0.3) is 0 Å². The molecule has 166 valence electrons. The summed E-state index contributed by atoms with van der Waals surface area (Å²) in [5, 5.41) is 11.6. The van der Waals surface area contributed by atoms with Crippen molar-refractivity contribution in [2.45, 2.75) is 45.6 Å². The third kappa shape index (κ3) is 4.11. The molecule has 1 aliphatic carbocycles. The number of rotatable bonds is 4. The van der Waals surface area contributed by atoms with Crippen molar-refractivity contribution in [2.24, 2.45) is 5.41 Å². The predicted molar refractivity (Wildman–Crippen MR) is 119 cm³/mol. The van der Waals surface area contributed by atoms with Crippen molar-refractivity contribution in [1.29, 1.82) is 0 Å². The van der Waals surface area contributed by atoms with E-state index in [-0.39, 0.29) is 18.5 Å². The number of hydrogen-bond donors (Lipinski definition) is 2. The molecule has 1 aromatic carbocycles. The van der Waals surface area contributed by atoms with Gasteiger partial charge in [0.15, 0.2) is 0 Å². The normalized spacial score (nSPS) is 18.5. The average Bonchev–Trinajstić information content (AvgIpc) is 3.34. The number of H-pyrrole nitrogens is 1. The molecule has 31 heavy (non-hydrogen) atoms. The van der Waals surface area contributed by atoms with Crippen molar-refractivity contribution in [3.63, 3.8) is 0 Å². The molecule has 2 N–H and O–H groups in total. The number of nitrogens with zero attached hydrogens (tertiary/aromatic N) is 3. The molecule has 0 bridgehead atoms. The molecule has 2 aliphatic rings. The van der Waals surface area contributed by atoms with Gasteiger partial charge in [0.1, 0.15) is 6.54 Å². The minimum Gasteiger partial charge on any atom is -0.453 e. The first-order valence-electron chi connectivity index (χ1n) is 10.7. The van der Waals surface area contributed by atoms with Crippen LogP contribution in [-0.4, -0.2) is 54.8 Å². The van der Waals surface area contributed by atoms with Crippen LogP contribution in [0.2, 0.25) is 0 Å². The van der Waals surface area contributed by atoms with Crippen LogP contribution in [0.15, 0.2) is 18.2 Å². The average molecular weight is 426 g/mol. The number of carbonyl (C=O) groups excluding carboxylic acids is 2. The fourth-order valence-electron chi connectivity index (χ4n) is 4.54. The number of anilines is 2. The maximum absolute atomic E-state index is 12.6. The third-order valence-electron chi connectivity index (χ3n) is 6.49. The van der Waals surface area contributed by atoms with Gasteiger partial charge in [0.05, 0.1) is 18.8 Å². The number of benzene rings is 1. The summed E-state index contributed by atoms with van der Waals surface area (Å²) in [7, 11) is 4.55. The summed E-state index contributed by atoms with van der Waals surface area (Å²) in [5.41, 5.74) is 7.09. The number of likely N-dealkylation sites (N-methyl/N-ethyl adjacent to an activating group) is 2.